The number of esters is 3. The van der Waals surface area contributed by atoms with Gasteiger partial charge in [-0.2, -0.15) is 0 Å². The molecule has 0 spiro atoms. The van der Waals surface area contributed by atoms with Crippen molar-refractivity contribution in [2.45, 2.75) is 290 Å². The van der Waals surface area contributed by atoms with Gasteiger partial charge in [-0.1, -0.05) is 260 Å². The van der Waals surface area contributed by atoms with E-state index in [0.29, 0.717) is 19.3 Å². The molecule has 0 bridgehead atoms. The van der Waals surface area contributed by atoms with Crippen molar-refractivity contribution in [1.29, 1.82) is 0 Å². The first-order valence-corrected chi connectivity index (χ1v) is 29.6. The molecule has 0 aromatic heterocycles. The standard InChI is InChI=1S/C64H110O6/c1-4-7-10-13-16-19-22-25-28-31-34-36-39-42-45-48-51-54-57-63(66)69-60-61(70-64(67)58-55-52-49-46-43-40-37-33-30-27-24-21-18-15-12-9-6-3)59-68-62(65)56-53-50-47-44-41-38-35-32-29-26-23-20-17-14-11-8-5-2/h8-9,11-12,17-18,20-21,26-27,29-30,37,40,61H,4-7,10,13-16,19,22-25,28,31-36,38-39,41-60H2,1-3H3/b11-8-,12-9-,20-17-,21-18-,29-26-,30-27-,40-37-. The Morgan fingerprint density at radius 3 is 0.871 bits per heavy atom. The fourth-order valence-corrected chi connectivity index (χ4v) is 8.27. The Balaban J connectivity index is 4.42. The van der Waals surface area contributed by atoms with Gasteiger partial charge in [0.1, 0.15) is 13.2 Å². The first-order chi connectivity index (χ1) is 34.5. The molecule has 1 unspecified atom stereocenters. The Morgan fingerprint density at radius 2 is 0.557 bits per heavy atom. The molecular weight excluding hydrogens is 865 g/mol. The van der Waals surface area contributed by atoms with Crippen molar-refractivity contribution in [2.75, 3.05) is 13.2 Å². The molecule has 0 saturated carbocycles. The van der Waals surface area contributed by atoms with E-state index in [1.54, 1.807) is 0 Å². The monoisotopic (exact) mass is 975 g/mol. The molecule has 0 rings (SSSR count). The van der Waals surface area contributed by atoms with Crippen LogP contribution >= 0.6 is 0 Å². The third-order valence-electron chi connectivity index (χ3n) is 12.6. The summed E-state index contributed by atoms with van der Waals surface area (Å²) in [4.78, 5) is 38.2. The lowest BCUT2D eigenvalue weighted by atomic mass is 10.0. The zero-order valence-electron chi connectivity index (χ0n) is 46.0. The van der Waals surface area contributed by atoms with Crippen LogP contribution in [0.2, 0.25) is 0 Å². The van der Waals surface area contributed by atoms with Gasteiger partial charge in [0.2, 0.25) is 0 Å². The van der Waals surface area contributed by atoms with Crippen LogP contribution in [-0.4, -0.2) is 37.2 Å². The summed E-state index contributed by atoms with van der Waals surface area (Å²) in [7, 11) is 0. The number of rotatable bonds is 53. The summed E-state index contributed by atoms with van der Waals surface area (Å²) < 4.78 is 16.9. The van der Waals surface area contributed by atoms with E-state index in [1.807, 2.05) is 0 Å². The maximum Gasteiger partial charge on any atom is 0.306 e. The third-order valence-corrected chi connectivity index (χ3v) is 12.6. The summed E-state index contributed by atoms with van der Waals surface area (Å²) in [5, 5.41) is 0. The molecule has 6 heteroatoms. The Morgan fingerprint density at radius 1 is 0.300 bits per heavy atom. The minimum Gasteiger partial charge on any atom is -0.462 e. The van der Waals surface area contributed by atoms with Crippen molar-refractivity contribution in [3.8, 4) is 0 Å². The van der Waals surface area contributed by atoms with Gasteiger partial charge in [-0.25, -0.2) is 0 Å². The molecule has 0 fully saturated rings. The summed E-state index contributed by atoms with van der Waals surface area (Å²) in [6, 6.07) is 0. The molecule has 1 atom stereocenters. The molecule has 0 amide bonds. The molecule has 0 N–H and O–H groups in total. The van der Waals surface area contributed by atoms with Crippen LogP contribution in [0, 0.1) is 0 Å². The number of hydrogen-bond acceptors (Lipinski definition) is 6. The SMILES string of the molecule is CC/C=C\C/C=C\C/C=C\C/C=C\CCCCCCC(=O)OC(COC(=O)CCCCCCCCC/C=C\C/C=C\C/C=C\CC)COC(=O)CCCCCCCCCCCCCCCCCCCC. The average Bonchev–Trinajstić information content (AvgIpc) is 3.36. The van der Waals surface area contributed by atoms with Crippen LogP contribution in [-0.2, 0) is 28.6 Å². The van der Waals surface area contributed by atoms with Gasteiger partial charge in [0.25, 0.3) is 0 Å². The van der Waals surface area contributed by atoms with E-state index in [0.717, 1.165) is 122 Å². The van der Waals surface area contributed by atoms with E-state index in [4.69, 9.17) is 14.2 Å². The molecule has 6 nitrogen and oxygen atoms in total. The number of ether oxygens (including phenoxy) is 3. The molecule has 0 heterocycles. The Kier molecular flexibility index (Phi) is 55.3. The minimum atomic E-state index is -0.793. The Bertz CT molecular complexity index is 1350. The Labute approximate surface area is 433 Å². The summed E-state index contributed by atoms with van der Waals surface area (Å²) in [5.41, 5.74) is 0. The second-order valence-electron chi connectivity index (χ2n) is 19.5. The van der Waals surface area contributed by atoms with Crippen LogP contribution in [0.15, 0.2) is 85.1 Å². The molecule has 0 aliphatic carbocycles. The van der Waals surface area contributed by atoms with E-state index in [-0.39, 0.29) is 31.1 Å². The van der Waals surface area contributed by atoms with E-state index >= 15 is 0 Å². The lowest BCUT2D eigenvalue weighted by Crippen LogP contribution is -2.30. The van der Waals surface area contributed by atoms with E-state index in [2.05, 4.69) is 106 Å². The number of unbranched alkanes of at least 4 members (excludes halogenated alkanes) is 28. The number of carbonyl (C=O) groups is 3. The van der Waals surface area contributed by atoms with Crippen LogP contribution < -0.4 is 0 Å². The van der Waals surface area contributed by atoms with Gasteiger partial charge in [0.05, 0.1) is 0 Å². The molecule has 0 aromatic rings. The normalized spacial score (nSPS) is 12.7. The van der Waals surface area contributed by atoms with Crippen LogP contribution in [0.5, 0.6) is 0 Å². The van der Waals surface area contributed by atoms with Crippen molar-refractivity contribution in [3.63, 3.8) is 0 Å². The number of hydrogen-bond donors (Lipinski definition) is 0. The van der Waals surface area contributed by atoms with Crippen LogP contribution in [0.3, 0.4) is 0 Å². The molecule has 0 radical (unpaired) electrons. The second kappa shape index (κ2) is 58.2. The molecule has 0 aliphatic rings. The van der Waals surface area contributed by atoms with Gasteiger partial charge in [0, 0.05) is 19.3 Å². The summed E-state index contributed by atoms with van der Waals surface area (Å²) in [5.74, 6) is -0.912. The van der Waals surface area contributed by atoms with Crippen molar-refractivity contribution in [3.05, 3.63) is 85.1 Å². The topological polar surface area (TPSA) is 78.9 Å². The highest BCUT2D eigenvalue weighted by Gasteiger charge is 2.19. The van der Waals surface area contributed by atoms with E-state index in [1.165, 1.54) is 122 Å². The highest BCUT2D eigenvalue weighted by molar-refractivity contribution is 5.71. The van der Waals surface area contributed by atoms with Crippen LogP contribution in [0.4, 0.5) is 0 Å². The van der Waals surface area contributed by atoms with E-state index in [9.17, 15) is 14.4 Å². The maximum absolute atomic E-state index is 12.9. The maximum atomic E-state index is 12.9. The molecule has 402 valence electrons. The molecular formula is C64H110O6. The highest BCUT2D eigenvalue weighted by Crippen LogP contribution is 2.16. The molecule has 70 heavy (non-hydrogen) atoms. The van der Waals surface area contributed by atoms with Crippen molar-refractivity contribution in [1.82, 2.24) is 0 Å². The second-order valence-corrected chi connectivity index (χ2v) is 19.5. The van der Waals surface area contributed by atoms with Crippen LogP contribution in [0.1, 0.15) is 284 Å². The zero-order valence-corrected chi connectivity index (χ0v) is 46.0. The van der Waals surface area contributed by atoms with Crippen LogP contribution in [0.25, 0.3) is 0 Å². The van der Waals surface area contributed by atoms with Gasteiger partial charge in [0.15, 0.2) is 6.10 Å². The van der Waals surface area contributed by atoms with Crippen molar-refractivity contribution in [2.24, 2.45) is 0 Å². The zero-order chi connectivity index (χ0) is 50.7. The predicted molar refractivity (Wildman–Crippen MR) is 302 cm³/mol. The summed E-state index contributed by atoms with van der Waals surface area (Å²) >= 11 is 0. The predicted octanol–water partition coefficient (Wildman–Crippen LogP) is 19.9. The van der Waals surface area contributed by atoms with Crippen molar-refractivity contribution < 1.29 is 28.6 Å². The molecule has 0 aliphatic heterocycles. The number of carbonyl (C=O) groups excluding carboxylic acids is 3. The summed E-state index contributed by atoms with van der Waals surface area (Å²) in [6.45, 7) is 6.42. The quantitative estimate of drug-likeness (QED) is 0.0261. The molecule has 0 saturated heterocycles. The van der Waals surface area contributed by atoms with Gasteiger partial charge >= 0.3 is 17.9 Å². The number of allylic oxidation sites excluding steroid dienone is 14. The minimum absolute atomic E-state index is 0.0877. The van der Waals surface area contributed by atoms with Gasteiger partial charge in [-0.3, -0.25) is 14.4 Å². The average molecular weight is 976 g/mol. The van der Waals surface area contributed by atoms with E-state index < -0.39 is 6.10 Å². The Hall–Kier alpha value is -3.41. The van der Waals surface area contributed by atoms with Crippen molar-refractivity contribution >= 4 is 17.9 Å². The highest BCUT2D eigenvalue weighted by atomic mass is 16.6. The first-order valence-electron chi connectivity index (χ1n) is 29.6. The summed E-state index contributed by atoms with van der Waals surface area (Å²) in [6.07, 6.45) is 75.7. The third kappa shape index (κ3) is 55.5. The lowest BCUT2D eigenvalue weighted by Gasteiger charge is -2.18. The fourth-order valence-electron chi connectivity index (χ4n) is 8.27. The van der Waals surface area contributed by atoms with Gasteiger partial charge < -0.3 is 14.2 Å². The van der Waals surface area contributed by atoms with Gasteiger partial charge in [-0.15, -0.1) is 0 Å². The lowest BCUT2D eigenvalue weighted by molar-refractivity contribution is -0.167. The fraction of sp³-hybridized carbons (Fsp3) is 0.734. The smallest absolute Gasteiger partial charge is 0.306 e. The van der Waals surface area contributed by atoms with Gasteiger partial charge in [-0.05, 0) is 89.9 Å². The molecule has 0 aromatic carbocycles. The first kappa shape index (κ1) is 66.6. The largest absolute Gasteiger partial charge is 0.462 e.